The van der Waals surface area contributed by atoms with E-state index in [1.54, 1.807) is 0 Å². The Hall–Kier alpha value is -1.02. The van der Waals surface area contributed by atoms with Gasteiger partial charge in [-0.2, -0.15) is 0 Å². The number of hydrogen-bond donors (Lipinski definition) is 3. The monoisotopic (exact) mass is 926 g/mol. The van der Waals surface area contributed by atoms with Crippen molar-refractivity contribution in [2.45, 2.75) is 283 Å². The third-order valence-corrected chi connectivity index (χ3v) is 13.7. The minimum Gasteiger partial charge on any atom is -0.391 e. The lowest BCUT2D eigenvalue weighted by Crippen LogP contribution is -2.46. The van der Waals surface area contributed by atoms with Crippen LogP contribution >= 0.6 is 7.82 Å². The predicted octanol–water partition coefficient (Wildman–Crippen LogP) is 16.4. The van der Waals surface area contributed by atoms with Crippen LogP contribution < -0.4 is 5.32 Å². The maximum absolute atomic E-state index is 12.7. The zero-order chi connectivity index (χ0) is 47.1. The van der Waals surface area contributed by atoms with Crippen LogP contribution in [0.5, 0.6) is 0 Å². The van der Waals surface area contributed by atoms with E-state index in [1.807, 2.05) is 21.1 Å². The molecular formula is C55H110N2O6P+. The van der Waals surface area contributed by atoms with Gasteiger partial charge >= 0.3 is 7.82 Å². The van der Waals surface area contributed by atoms with Gasteiger partial charge in [0.2, 0.25) is 5.91 Å². The average molecular weight is 926 g/mol. The summed E-state index contributed by atoms with van der Waals surface area (Å²) in [6.07, 6.45) is 59.3. The second kappa shape index (κ2) is 47.1. The number of hydrogen-bond acceptors (Lipinski definition) is 5. The second-order valence-corrected chi connectivity index (χ2v) is 21.8. The Morgan fingerprint density at radius 3 is 1.28 bits per heavy atom. The number of carbonyl (C=O) groups is 1. The van der Waals surface area contributed by atoms with Gasteiger partial charge in [0.25, 0.3) is 0 Å². The molecule has 0 radical (unpaired) electrons. The van der Waals surface area contributed by atoms with Crippen molar-refractivity contribution in [3.05, 3.63) is 24.3 Å². The number of allylic oxidation sites excluding steroid dienone is 4. The van der Waals surface area contributed by atoms with Gasteiger partial charge < -0.3 is 19.8 Å². The molecule has 0 rings (SSSR count). The Morgan fingerprint density at radius 2 is 0.891 bits per heavy atom. The van der Waals surface area contributed by atoms with Gasteiger partial charge in [0.05, 0.1) is 39.9 Å². The minimum atomic E-state index is -4.29. The number of phosphoric acid groups is 1. The number of aliphatic hydroxyl groups is 1. The molecule has 0 aliphatic rings. The Bertz CT molecular complexity index is 1090. The van der Waals surface area contributed by atoms with Crippen LogP contribution in [0, 0.1) is 0 Å². The summed E-state index contributed by atoms with van der Waals surface area (Å²) in [7, 11) is 1.62. The maximum atomic E-state index is 12.7. The molecule has 0 aromatic rings. The van der Waals surface area contributed by atoms with Crippen LogP contribution in [-0.2, 0) is 18.4 Å². The minimum absolute atomic E-state index is 0.0753. The molecule has 3 N–H and O–H groups in total. The van der Waals surface area contributed by atoms with Crippen molar-refractivity contribution in [1.29, 1.82) is 0 Å². The highest BCUT2D eigenvalue weighted by atomic mass is 31.2. The summed E-state index contributed by atoms with van der Waals surface area (Å²) >= 11 is 0. The molecule has 0 aromatic carbocycles. The SMILES string of the molecule is CCCCCCC/C=C\C/C=C\CCCCCCCCCCCCCCCCCCCCCCCCCCCCCC(=O)NC(COP(=O)(O)OCC[N+](C)(C)C)C(O)CCCCC. The maximum Gasteiger partial charge on any atom is 0.472 e. The summed E-state index contributed by atoms with van der Waals surface area (Å²) in [5.74, 6) is -0.151. The van der Waals surface area contributed by atoms with E-state index in [9.17, 15) is 19.4 Å². The van der Waals surface area contributed by atoms with E-state index in [4.69, 9.17) is 9.05 Å². The number of phosphoric ester groups is 1. The van der Waals surface area contributed by atoms with E-state index in [0.717, 1.165) is 44.9 Å². The van der Waals surface area contributed by atoms with Crippen LogP contribution in [0.15, 0.2) is 24.3 Å². The largest absolute Gasteiger partial charge is 0.472 e. The number of unbranched alkanes of at least 4 members (excludes halogenated alkanes) is 34. The summed E-state index contributed by atoms with van der Waals surface area (Å²) in [4.78, 5) is 22.9. The molecule has 0 bridgehead atoms. The number of likely N-dealkylation sites (N-methyl/N-ethyl adjacent to an activating group) is 1. The van der Waals surface area contributed by atoms with Gasteiger partial charge in [0.15, 0.2) is 0 Å². The third kappa shape index (κ3) is 48.9. The number of nitrogens with one attached hydrogen (secondary N) is 1. The number of nitrogens with zero attached hydrogens (tertiary/aromatic N) is 1. The molecule has 8 nitrogen and oxygen atoms in total. The standard InChI is InChI=1S/C55H109N2O6P/c1-6-8-10-11-12-13-14-15-16-17-18-19-20-21-22-23-24-25-26-27-28-29-30-31-32-33-34-35-36-37-38-39-40-41-42-43-44-45-47-49-55(59)56-53(54(58)48-46-9-7-2)52-63-64(60,61)62-51-50-57(3,4)5/h14-15,17-18,53-54,58H,6-13,16,19-52H2,1-5H3,(H-,56,59,60,61)/p+1/b15-14-,18-17-. The molecule has 0 heterocycles. The molecule has 0 aliphatic heterocycles. The van der Waals surface area contributed by atoms with Crippen LogP contribution in [0.1, 0.15) is 271 Å². The normalized spacial score (nSPS) is 14.2. The topological polar surface area (TPSA) is 105 Å². The highest BCUT2D eigenvalue weighted by Crippen LogP contribution is 2.43. The molecule has 380 valence electrons. The van der Waals surface area contributed by atoms with Gasteiger partial charge in [0, 0.05) is 6.42 Å². The summed E-state index contributed by atoms with van der Waals surface area (Å²) in [6.45, 7) is 4.73. The molecule has 0 saturated heterocycles. The van der Waals surface area contributed by atoms with Crippen molar-refractivity contribution in [2.24, 2.45) is 0 Å². The molecule has 3 unspecified atom stereocenters. The Balaban J connectivity index is 3.58. The van der Waals surface area contributed by atoms with Crippen LogP contribution in [0.3, 0.4) is 0 Å². The fourth-order valence-corrected chi connectivity index (χ4v) is 9.05. The van der Waals surface area contributed by atoms with Crippen molar-refractivity contribution >= 4 is 13.7 Å². The van der Waals surface area contributed by atoms with Crippen LogP contribution in [0.25, 0.3) is 0 Å². The second-order valence-electron chi connectivity index (χ2n) is 20.3. The molecule has 1 amide bonds. The lowest BCUT2D eigenvalue weighted by atomic mass is 10.0. The van der Waals surface area contributed by atoms with E-state index in [2.05, 4.69) is 43.5 Å². The first-order chi connectivity index (χ1) is 31.0. The zero-order valence-electron chi connectivity index (χ0n) is 43.3. The molecule has 3 atom stereocenters. The van der Waals surface area contributed by atoms with E-state index < -0.39 is 20.0 Å². The number of quaternary nitrogens is 1. The zero-order valence-corrected chi connectivity index (χ0v) is 44.2. The number of amides is 1. The van der Waals surface area contributed by atoms with Crippen molar-refractivity contribution in [3.63, 3.8) is 0 Å². The first-order valence-corrected chi connectivity index (χ1v) is 29.2. The Labute approximate surface area is 398 Å². The van der Waals surface area contributed by atoms with Gasteiger partial charge in [-0.3, -0.25) is 13.8 Å². The highest BCUT2D eigenvalue weighted by Gasteiger charge is 2.28. The lowest BCUT2D eigenvalue weighted by Gasteiger charge is -2.26. The summed E-state index contributed by atoms with van der Waals surface area (Å²) < 4.78 is 23.3. The highest BCUT2D eigenvalue weighted by molar-refractivity contribution is 7.47. The first kappa shape index (κ1) is 63.0. The fraction of sp³-hybridized carbons (Fsp3) is 0.909. The van der Waals surface area contributed by atoms with E-state index in [-0.39, 0.29) is 19.1 Å². The van der Waals surface area contributed by atoms with Crippen molar-refractivity contribution in [1.82, 2.24) is 5.32 Å². The molecule has 9 heteroatoms. The molecular weight excluding hydrogens is 816 g/mol. The van der Waals surface area contributed by atoms with Gasteiger partial charge in [-0.15, -0.1) is 0 Å². The van der Waals surface area contributed by atoms with E-state index >= 15 is 0 Å². The molecule has 0 saturated carbocycles. The van der Waals surface area contributed by atoms with E-state index in [0.29, 0.717) is 23.9 Å². The first-order valence-electron chi connectivity index (χ1n) is 27.7. The number of aliphatic hydroxyl groups excluding tert-OH is 1. The van der Waals surface area contributed by atoms with Crippen molar-refractivity contribution < 1.29 is 32.9 Å². The number of carbonyl (C=O) groups excluding carboxylic acids is 1. The Kier molecular flexibility index (Phi) is 46.3. The fourth-order valence-electron chi connectivity index (χ4n) is 8.31. The van der Waals surface area contributed by atoms with Gasteiger partial charge in [-0.25, -0.2) is 4.57 Å². The van der Waals surface area contributed by atoms with Crippen LogP contribution in [0.2, 0.25) is 0 Å². The van der Waals surface area contributed by atoms with Gasteiger partial charge in [-0.1, -0.05) is 244 Å². The van der Waals surface area contributed by atoms with Crippen LogP contribution in [0.4, 0.5) is 0 Å². The van der Waals surface area contributed by atoms with Crippen molar-refractivity contribution in [3.8, 4) is 0 Å². The molecule has 64 heavy (non-hydrogen) atoms. The quantitative estimate of drug-likeness (QED) is 0.0243. The number of rotatable bonds is 51. The van der Waals surface area contributed by atoms with E-state index in [1.165, 1.54) is 199 Å². The van der Waals surface area contributed by atoms with Gasteiger partial charge in [0.1, 0.15) is 13.2 Å². The molecule has 0 spiro atoms. The molecule has 0 aliphatic carbocycles. The summed E-state index contributed by atoms with van der Waals surface area (Å²) in [5.41, 5.74) is 0. The summed E-state index contributed by atoms with van der Waals surface area (Å²) in [5, 5.41) is 13.6. The van der Waals surface area contributed by atoms with Gasteiger partial charge in [-0.05, 0) is 44.9 Å². The van der Waals surface area contributed by atoms with Crippen molar-refractivity contribution in [2.75, 3.05) is 40.9 Å². The average Bonchev–Trinajstić information content (AvgIpc) is 3.25. The molecule has 0 fully saturated rings. The third-order valence-electron chi connectivity index (χ3n) is 12.7. The molecule has 0 aromatic heterocycles. The van der Waals surface area contributed by atoms with Crippen LogP contribution in [-0.4, -0.2) is 73.4 Å². The predicted molar refractivity (Wildman–Crippen MR) is 277 cm³/mol. The smallest absolute Gasteiger partial charge is 0.391 e. The summed E-state index contributed by atoms with van der Waals surface area (Å²) in [6, 6.07) is -0.752. The Morgan fingerprint density at radius 1 is 0.531 bits per heavy atom. The lowest BCUT2D eigenvalue weighted by molar-refractivity contribution is -0.870.